The van der Waals surface area contributed by atoms with Crippen LogP contribution in [0.4, 0.5) is 0 Å². The van der Waals surface area contributed by atoms with Crippen molar-refractivity contribution in [2.24, 2.45) is 11.3 Å². The lowest BCUT2D eigenvalue weighted by atomic mass is 9.87. The molecule has 5 nitrogen and oxygen atoms in total. The molecule has 1 aromatic rings. The maximum Gasteiger partial charge on any atom is 0.230 e. The van der Waals surface area contributed by atoms with Crippen molar-refractivity contribution in [1.82, 2.24) is 10.2 Å². The molecule has 28 heavy (non-hydrogen) atoms. The van der Waals surface area contributed by atoms with E-state index in [9.17, 15) is 9.59 Å². The van der Waals surface area contributed by atoms with Gasteiger partial charge in [-0.3, -0.25) is 9.59 Å². The van der Waals surface area contributed by atoms with Gasteiger partial charge in [-0.25, -0.2) is 0 Å². The van der Waals surface area contributed by atoms with Crippen molar-refractivity contribution in [3.63, 3.8) is 0 Å². The smallest absolute Gasteiger partial charge is 0.230 e. The van der Waals surface area contributed by atoms with Gasteiger partial charge in [0.15, 0.2) is 0 Å². The van der Waals surface area contributed by atoms with Crippen molar-refractivity contribution in [2.45, 2.75) is 59.5 Å². The van der Waals surface area contributed by atoms with E-state index in [0.29, 0.717) is 32.7 Å². The molecule has 1 aromatic carbocycles. The Morgan fingerprint density at radius 3 is 2.50 bits per heavy atom. The average molecular weight is 389 g/mol. The molecule has 1 aliphatic rings. The lowest BCUT2D eigenvalue weighted by Gasteiger charge is -2.30. The number of hydrogen-bond donors (Lipinski definition) is 1. The van der Waals surface area contributed by atoms with Gasteiger partial charge >= 0.3 is 0 Å². The zero-order valence-corrected chi connectivity index (χ0v) is 18.0. The summed E-state index contributed by atoms with van der Waals surface area (Å²) in [6.07, 6.45) is 1.13. The molecule has 5 heteroatoms. The summed E-state index contributed by atoms with van der Waals surface area (Å²) in [6.45, 7) is 12.6. The zero-order valence-electron chi connectivity index (χ0n) is 18.0. The summed E-state index contributed by atoms with van der Waals surface area (Å²) >= 11 is 0. The molecule has 1 fully saturated rings. The highest BCUT2D eigenvalue weighted by atomic mass is 16.5. The van der Waals surface area contributed by atoms with E-state index >= 15 is 0 Å². The van der Waals surface area contributed by atoms with Crippen LogP contribution in [-0.2, 0) is 14.3 Å². The third-order valence-electron chi connectivity index (χ3n) is 4.97. The van der Waals surface area contributed by atoms with Gasteiger partial charge in [-0.15, -0.1) is 0 Å². The summed E-state index contributed by atoms with van der Waals surface area (Å²) in [6, 6.07) is 10.00. The molecule has 156 valence electrons. The number of ether oxygens (including phenoxy) is 1. The van der Waals surface area contributed by atoms with E-state index in [1.54, 1.807) is 0 Å². The highest BCUT2D eigenvalue weighted by Crippen LogP contribution is 2.27. The van der Waals surface area contributed by atoms with Crippen molar-refractivity contribution < 1.29 is 14.3 Å². The van der Waals surface area contributed by atoms with E-state index in [1.165, 1.54) is 0 Å². The normalized spacial score (nSPS) is 19.2. The maximum atomic E-state index is 13.3. The van der Waals surface area contributed by atoms with Crippen molar-refractivity contribution in [3.8, 4) is 0 Å². The fourth-order valence-electron chi connectivity index (χ4n) is 3.66. The van der Waals surface area contributed by atoms with E-state index in [2.05, 4.69) is 19.2 Å². The summed E-state index contributed by atoms with van der Waals surface area (Å²) in [5.41, 5.74) is 1.01. The second kappa shape index (κ2) is 10.1. The summed E-state index contributed by atoms with van der Waals surface area (Å²) in [5, 5.41) is 2.98. The first-order valence-corrected chi connectivity index (χ1v) is 10.4. The van der Waals surface area contributed by atoms with E-state index in [4.69, 9.17) is 4.74 Å². The number of carbonyl (C=O) groups excluding carboxylic acids is 2. The van der Waals surface area contributed by atoms with Gasteiger partial charge in [0, 0.05) is 32.7 Å². The molecule has 1 N–H and O–H groups in total. The Balaban J connectivity index is 2.01. The van der Waals surface area contributed by atoms with Gasteiger partial charge < -0.3 is 15.0 Å². The maximum absolute atomic E-state index is 13.3. The third kappa shape index (κ3) is 6.93. The lowest BCUT2D eigenvalue weighted by molar-refractivity contribution is -0.134. The molecule has 1 heterocycles. The Morgan fingerprint density at radius 2 is 1.89 bits per heavy atom. The van der Waals surface area contributed by atoms with Crippen molar-refractivity contribution >= 4 is 11.8 Å². The first-order valence-electron chi connectivity index (χ1n) is 10.4. The summed E-state index contributed by atoms with van der Waals surface area (Å²) < 4.78 is 5.90. The molecule has 0 bridgehead atoms. The molecule has 2 amide bonds. The molecule has 2 unspecified atom stereocenters. The minimum atomic E-state index is -0.168. The Labute approximate surface area is 169 Å². The van der Waals surface area contributed by atoms with Crippen LogP contribution in [0.15, 0.2) is 30.3 Å². The average Bonchev–Trinajstić information content (AvgIpc) is 2.85. The molecule has 0 aliphatic carbocycles. The van der Waals surface area contributed by atoms with Gasteiger partial charge in [0.2, 0.25) is 11.8 Å². The molecule has 0 aromatic heterocycles. The monoisotopic (exact) mass is 388 g/mol. The van der Waals surface area contributed by atoms with Crippen LogP contribution in [-0.4, -0.2) is 49.1 Å². The van der Waals surface area contributed by atoms with Gasteiger partial charge in [-0.2, -0.15) is 0 Å². The molecule has 2 atom stereocenters. The summed E-state index contributed by atoms with van der Waals surface area (Å²) in [4.78, 5) is 27.4. The van der Waals surface area contributed by atoms with Crippen molar-refractivity contribution in [3.05, 3.63) is 35.9 Å². The number of nitrogens with zero attached hydrogens (tertiary/aromatic N) is 1. The summed E-state index contributed by atoms with van der Waals surface area (Å²) in [5.74, 6) is 0.236. The number of nitrogens with one attached hydrogen (secondary N) is 1. The van der Waals surface area contributed by atoms with Gasteiger partial charge in [0.05, 0.1) is 12.0 Å². The van der Waals surface area contributed by atoms with Crippen molar-refractivity contribution in [2.75, 3.05) is 26.2 Å². The second-order valence-corrected chi connectivity index (χ2v) is 9.30. The highest BCUT2D eigenvalue weighted by Gasteiger charge is 2.31. The Bertz CT molecular complexity index is 637. The Kier molecular flexibility index (Phi) is 8.05. The number of amides is 2. The first kappa shape index (κ1) is 22.4. The quantitative estimate of drug-likeness (QED) is 0.810. The van der Waals surface area contributed by atoms with Crippen LogP contribution in [0.5, 0.6) is 0 Å². The van der Waals surface area contributed by atoms with Gasteiger partial charge in [0.25, 0.3) is 0 Å². The first-order chi connectivity index (χ1) is 13.2. The topological polar surface area (TPSA) is 58.6 Å². The third-order valence-corrected chi connectivity index (χ3v) is 4.97. The molecular formula is C23H36N2O3. The van der Waals surface area contributed by atoms with Crippen molar-refractivity contribution in [1.29, 1.82) is 0 Å². The van der Waals surface area contributed by atoms with Gasteiger partial charge in [-0.1, -0.05) is 65.0 Å². The minimum absolute atomic E-state index is 0.0302. The molecule has 1 saturated heterocycles. The number of hydrogen-bond acceptors (Lipinski definition) is 3. The second-order valence-electron chi connectivity index (χ2n) is 9.30. The van der Waals surface area contributed by atoms with E-state index in [-0.39, 0.29) is 35.2 Å². The minimum Gasteiger partial charge on any atom is -0.374 e. The Hall–Kier alpha value is -1.88. The van der Waals surface area contributed by atoms with E-state index in [1.807, 2.05) is 56.0 Å². The van der Waals surface area contributed by atoms with Crippen LogP contribution < -0.4 is 5.32 Å². The predicted molar refractivity (Wildman–Crippen MR) is 112 cm³/mol. The van der Waals surface area contributed by atoms with Crippen LogP contribution in [0.25, 0.3) is 0 Å². The summed E-state index contributed by atoms with van der Waals surface area (Å²) in [7, 11) is 0. The number of carbonyl (C=O) groups is 2. The van der Waals surface area contributed by atoms with Crippen LogP contribution in [0, 0.1) is 11.3 Å². The molecule has 0 spiro atoms. The molecule has 0 radical (unpaired) electrons. The van der Waals surface area contributed by atoms with Crippen LogP contribution >= 0.6 is 0 Å². The van der Waals surface area contributed by atoms with E-state index < -0.39 is 0 Å². The Morgan fingerprint density at radius 1 is 1.21 bits per heavy atom. The largest absolute Gasteiger partial charge is 0.374 e. The van der Waals surface area contributed by atoms with Gasteiger partial charge in [-0.05, 0) is 23.3 Å². The van der Waals surface area contributed by atoms with Gasteiger partial charge in [0.1, 0.15) is 0 Å². The van der Waals surface area contributed by atoms with Crippen LogP contribution in [0.1, 0.15) is 58.9 Å². The number of benzene rings is 1. The molecule has 2 rings (SSSR count). The fourth-order valence-corrected chi connectivity index (χ4v) is 3.66. The molecule has 1 aliphatic heterocycles. The molecule has 0 saturated carbocycles. The highest BCUT2D eigenvalue weighted by molar-refractivity contribution is 5.84. The zero-order chi connectivity index (χ0) is 20.7. The predicted octanol–water partition coefficient (Wildman–Crippen LogP) is 3.60. The van der Waals surface area contributed by atoms with Crippen LogP contribution in [0.2, 0.25) is 0 Å². The van der Waals surface area contributed by atoms with E-state index in [0.717, 1.165) is 12.0 Å². The molecular weight excluding hydrogens is 352 g/mol. The van der Waals surface area contributed by atoms with Crippen LogP contribution in [0.3, 0.4) is 0 Å². The lowest BCUT2D eigenvalue weighted by Crippen LogP contribution is -2.44. The standard InChI is InChI=1S/C23H36N2O3/c1-17(2)21(18-10-7-6-8-11-18)22(27)25-12-9-13-28-19(16-25)15-24-20(26)14-23(3,4)5/h6-8,10-11,17,19,21H,9,12-16H2,1-5H3,(H,24,26). The SMILES string of the molecule is CC(C)C(C(=O)N1CCCOC(CNC(=O)CC(C)(C)C)C1)c1ccccc1. The fraction of sp³-hybridized carbons (Fsp3) is 0.652. The number of rotatable bonds is 6.